The summed E-state index contributed by atoms with van der Waals surface area (Å²) in [6.45, 7) is 4.57. The zero-order valence-electron chi connectivity index (χ0n) is 8.97. The first-order chi connectivity index (χ1) is 6.08. The second-order valence-corrected chi connectivity index (χ2v) is 5.62. The molecule has 0 aromatic rings. The molecule has 0 amide bonds. The van der Waals surface area contributed by atoms with Crippen LogP contribution in [0, 0.1) is 11.3 Å². The van der Waals surface area contributed by atoms with E-state index >= 15 is 0 Å². The molecule has 0 saturated heterocycles. The minimum atomic E-state index is -0.242. The first kappa shape index (κ1) is 9.51. The van der Waals surface area contributed by atoms with Crippen LogP contribution in [-0.2, 0) is 0 Å². The van der Waals surface area contributed by atoms with Crippen LogP contribution in [0.2, 0.25) is 0 Å². The summed E-state index contributed by atoms with van der Waals surface area (Å²) >= 11 is 0. The minimum absolute atomic E-state index is 0.242. The smallest absolute Gasteiger partial charge is 0.0706 e. The Morgan fingerprint density at radius 2 is 1.62 bits per heavy atom. The average Bonchev–Trinajstić information content (AvgIpc) is 2.64. The van der Waals surface area contributed by atoms with Gasteiger partial charge in [-0.1, -0.05) is 26.7 Å². The van der Waals surface area contributed by atoms with Crippen molar-refractivity contribution in [3.8, 4) is 0 Å². The molecule has 2 saturated carbocycles. The Bertz CT molecular complexity index is 185. The van der Waals surface area contributed by atoms with Crippen molar-refractivity contribution in [2.45, 2.75) is 64.4 Å². The number of hydrogen-bond donors (Lipinski definition) is 1. The molecule has 1 nitrogen and oxygen atoms in total. The van der Waals surface area contributed by atoms with Gasteiger partial charge in [0.05, 0.1) is 5.60 Å². The summed E-state index contributed by atoms with van der Waals surface area (Å²) in [5.41, 5.74) is 0.0783. The van der Waals surface area contributed by atoms with E-state index < -0.39 is 0 Å². The molecular formula is C12H22O. The summed E-state index contributed by atoms with van der Waals surface area (Å²) in [6.07, 6.45) is 8.62. The third-order valence-electron chi connectivity index (χ3n) is 4.07. The van der Waals surface area contributed by atoms with Gasteiger partial charge < -0.3 is 5.11 Å². The number of hydrogen-bond acceptors (Lipinski definition) is 1. The highest BCUT2D eigenvalue weighted by Crippen LogP contribution is 2.60. The van der Waals surface area contributed by atoms with Crippen molar-refractivity contribution in [2.75, 3.05) is 0 Å². The maximum absolute atomic E-state index is 10.3. The van der Waals surface area contributed by atoms with Gasteiger partial charge in [0.1, 0.15) is 0 Å². The summed E-state index contributed by atoms with van der Waals surface area (Å²) in [7, 11) is 0. The van der Waals surface area contributed by atoms with Crippen LogP contribution >= 0.6 is 0 Å². The van der Waals surface area contributed by atoms with Crippen molar-refractivity contribution in [3.63, 3.8) is 0 Å². The van der Waals surface area contributed by atoms with Gasteiger partial charge in [-0.25, -0.2) is 0 Å². The molecule has 76 valence electrons. The minimum Gasteiger partial charge on any atom is -0.389 e. The van der Waals surface area contributed by atoms with Gasteiger partial charge in [-0.15, -0.1) is 0 Å². The topological polar surface area (TPSA) is 20.2 Å². The first-order valence-electron chi connectivity index (χ1n) is 5.80. The van der Waals surface area contributed by atoms with Crippen molar-refractivity contribution in [1.29, 1.82) is 0 Å². The van der Waals surface area contributed by atoms with Gasteiger partial charge in [-0.3, -0.25) is 0 Å². The molecule has 2 aliphatic rings. The van der Waals surface area contributed by atoms with E-state index in [2.05, 4.69) is 13.8 Å². The van der Waals surface area contributed by atoms with E-state index in [1.165, 1.54) is 32.1 Å². The Hall–Kier alpha value is -0.0400. The Balaban J connectivity index is 2.11. The van der Waals surface area contributed by atoms with Crippen LogP contribution in [0.25, 0.3) is 0 Å². The second-order valence-electron chi connectivity index (χ2n) is 5.62. The first-order valence-corrected chi connectivity index (χ1v) is 5.80. The summed E-state index contributed by atoms with van der Waals surface area (Å²) < 4.78 is 0. The Morgan fingerprint density at radius 1 is 1.08 bits per heavy atom. The lowest BCUT2D eigenvalue weighted by Crippen LogP contribution is -2.35. The zero-order valence-corrected chi connectivity index (χ0v) is 8.97. The van der Waals surface area contributed by atoms with Crippen LogP contribution in [0.4, 0.5) is 0 Å². The van der Waals surface area contributed by atoms with Crippen LogP contribution in [-0.4, -0.2) is 10.7 Å². The Morgan fingerprint density at radius 3 is 2.00 bits per heavy atom. The average molecular weight is 182 g/mol. The number of rotatable bonds is 3. The van der Waals surface area contributed by atoms with Gasteiger partial charge >= 0.3 is 0 Å². The summed E-state index contributed by atoms with van der Waals surface area (Å²) in [5.74, 6) is 0.739. The van der Waals surface area contributed by atoms with E-state index in [9.17, 15) is 5.11 Å². The van der Waals surface area contributed by atoms with Gasteiger partial charge in [-0.05, 0) is 43.4 Å². The Kier molecular flexibility index (Phi) is 2.18. The van der Waals surface area contributed by atoms with Crippen molar-refractivity contribution >= 4 is 0 Å². The largest absolute Gasteiger partial charge is 0.389 e. The lowest BCUT2D eigenvalue weighted by atomic mass is 9.72. The monoisotopic (exact) mass is 182 g/mol. The zero-order chi connectivity index (χ0) is 9.53. The SMILES string of the molecule is CC(C)CC1(C2(O)CC2)CCCC1. The lowest BCUT2D eigenvalue weighted by Gasteiger charge is -2.36. The normalized spacial score (nSPS) is 29.5. The van der Waals surface area contributed by atoms with E-state index in [1.54, 1.807) is 0 Å². The van der Waals surface area contributed by atoms with E-state index in [0.717, 1.165) is 18.8 Å². The molecule has 0 spiro atoms. The highest BCUT2D eigenvalue weighted by Gasteiger charge is 2.58. The summed E-state index contributed by atoms with van der Waals surface area (Å²) in [5, 5.41) is 10.3. The molecule has 0 bridgehead atoms. The maximum atomic E-state index is 10.3. The second kappa shape index (κ2) is 2.98. The fourth-order valence-electron chi connectivity index (χ4n) is 3.34. The van der Waals surface area contributed by atoms with Crippen LogP contribution in [0.15, 0.2) is 0 Å². The molecule has 0 aromatic heterocycles. The highest BCUT2D eigenvalue weighted by molar-refractivity contribution is 5.10. The number of aliphatic hydroxyl groups is 1. The van der Waals surface area contributed by atoms with E-state index in [-0.39, 0.29) is 5.60 Å². The molecule has 1 N–H and O–H groups in total. The highest BCUT2D eigenvalue weighted by atomic mass is 16.3. The lowest BCUT2D eigenvalue weighted by molar-refractivity contribution is -0.0106. The van der Waals surface area contributed by atoms with E-state index in [4.69, 9.17) is 0 Å². The van der Waals surface area contributed by atoms with E-state index in [1.807, 2.05) is 0 Å². The van der Waals surface area contributed by atoms with Gasteiger partial charge in [-0.2, -0.15) is 0 Å². The molecule has 2 rings (SSSR count). The Labute approximate surface area is 81.5 Å². The van der Waals surface area contributed by atoms with Gasteiger partial charge in [0.2, 0.25) is 0 Å². The quantitative estimate of drug-likeness (QED) is 0.711. The molecule has 0 aromatic carbocycles. The fourth-order valence-corrected chi connectivity index (χ4v) is 3.34. The van der Waals surface area contributed by atoms with Crippen molar-refractivity contribution in [1.82, 2.24) is 0 Å². The molecule has 1 heteroatoms. The van der Waals surface area contributed by atoms with Crippen molar-refractivity contribution < 1.29 is 5.11 Å². The molecule has 0 heterocycles. The van der Waals surface area contributed by atoms with Gasteiger partial charge in [0.25, 0.3) is 0 Å². The predicted octanol–water partition coefficient (Wildman–Crippen LogP) is 3.12. The fraction of sp³-hybridized carbons (Fsp3) is 1.00. The molecule has 13 heavy (non-hydrogen) atoms. The molecule has 0 unspecified atom stereocenters. The van der Waals surface area contributed by atoms with Crippen LogP contribution in [0.1, 0.15) is 58.8 Å². The molecule has 0 aliphatic heterocycles. The molecule has 2 fully saturated rings. The standard InChI is InChI=1S/C12H22O/c1-10(2)9-11(5-3-4-6-11)12(13)7-8-12/h10,13H,3-9H2,1-2H3. The molecule has 0 radical (unpaired) electrons. The third-order valence-corrected chi connectivity index (χ3v) is 4.07. The molecular weight excluding hydrogens is 160 g/mol. The van der Waals surface area contributed by atoms with Crippen LogP contribution in [0.3, 0.4) is 0 Å². The van der Waals surface area contributed by atoms with Crippen LogP contribution in [0.5, 0.6) is 0 Å². The summed E-state index contributed by atoms with van der Waals surface area (Å²) in [4.78, 5) is 0. The maximum Gasteiger partial charge on any atom is 0.0706 e. The van der Waals surface area contributed by atoms with Gasteiger partial charge in [0, 0.05) is 0 Å². The van der Waals surface area contributed by atoms with Crippen molar-refractivity contribution in [3.05, 3.63) is 0 Å². The molecule has 2 aliphatic carbocycles. The van der Waals surface area contributed by atoms with Crippen LogP contribution < -0.4 is 0 Å². The van der Waals surface area contributed by atoms with Gasteiger partial charge in [0.15, 0.2) is 0 Å². The molecule has 0 atom stereocenters. The summed E-state index contributed by atoms with van der Waals surface area (Å²) in [6, 6.07) is 0. The third kappa shape index (κ3) is 1.52. The predicted molar refractivity (Wildman–Crippen MR) is 54.5 cm³/mol. The van der Waals surface area contributed by atoms with E-state index in [0.29, 0.717) is 5.41 Å². The van der Waals surface area contributed by atoms with Crippen molar-refractivity contribution in [2.24, 2.45) is 11.3 Å².